The van der Waals surface area contributed by atoms with Gasteiger partial charge in [-0.05, 0) is 30.1 Å². The summed E-state index contributed by atoms with van der Waals surface area (Å²) in [6.45, 7) is 8.84. The summed E-state index contributed by atoms with van der Waals surface area (Å²) in [4.78, 5) is 12.8. The van der Waals surface area contributed by atoms with Gasteiger partial charge in [-0.2, -0.15) is 0 Å². The molecule has 0 aromatic heterocycles. The van der Waals surface area contributed by atoms with Gasteiger partial charge in [-0.1, -0.05) is 77.3 Å². The van der Waals surface area contributed by atoms with E-state index in [4.69, 9.17) is 4.43 Å². The third-order valence-corrected chi connectivity index (χ3v) is 9.57. The monoisotopic (exact) mass is 334 g/mol. The Bertz CT molecular complexity index is 432. The van der Waals surface area contributed by atoms with Gasteiger partial charge in [0, 0.05) is 6.42 Å². The zero-order chi connectivity index (χ0) is 17.1. The van der Waals surface area contributed by atoms with E-state index in [1.165, 1.54) is 12.8 Å². The van der Waals surface area contributed by atoms with Gasteiger partial charge >= 0.3 is 0 Å². The SMILES string of the molecule is CCCCCCC(=O)[C@@H](O[Si](CC)(CC)CC)c1ccccc1. The summed E-state index contributed by atoms with van der Waals surface area (Å²) in [5.41, 5.74) is 1.03. The molecule has 0 fully saturated rings. The van der Waals surface area contributed by atoms with Crippen LogP contribution in [0.5, 0.6) is 0 Å². The zero-order valence-electron chi connectivity index (χ0n) is 15.4. The van der Waals surface area contributed by atoms with Gasteiger partial charge in [-0.25, -0.2) is 0 Å². The number of hydrogen-bond donors (Lipinski definition) is 0. The van der Waals surface area contributed by atoms with E-state index in [0.717, 1.165) is 36.5 Å². The maximum absolute atomic E-state index is 12.8. The Labute approximate surface area is 143 Å². The normalized spacial score (nSPS) is 13.0. The largest absolute Gasteiger partial charge is 0.403 e. The average Bonchev–Trinajstić information content (AvgIpc) is 2.61. The number of Topliss-reactive ketones (excluding diaryl/α,β-unsaturated/α-hetero) is 1. The van der Waals surface area contributed by atoms with Crippen molar-refractivity contribution >= 4 is 14.1 Å². The van der Waals surface area contributed by atoms with Crippen molar-refractivity contribution in [1.29, 1.82) is 0 Å². The Morgan fingerprint density at radius 2 is 1.57 bits per heavy atom. The van der Waals surface area contributed by atoms with Crippen LogP contribution in [0.15, 0.2) is 30.3 Å². The second-order valence-electron chi connectivity index (χ2n) is 6.43. The molecule has 0 N–H and O–H groups in total. The van der Waals surface area contributed by atoms with Crippen molar-refractivity contribution in [3.05, 3.63) is 35.9 Å². The van der Waals surface area contributed by atoms with Crippen LogP contribution in [0.4, 0.5) is 0 Å². The molecule has 0 bridgehead atoms. The molecule has 0 radical (unpaired) electrons. The van der Waals surface area contributed by atoms with Crippen LogP contribution in [-0.4, -0.2) is 14.1 Å². The predicted octanol–water partition coefficient (Wildman–Crippen LogP) is 6.29. The van der Waals surface area contributed by atoms with Crippen molar-refractivity contribution in [2.75, 3.05) is 0 Å². The first-order valence-electron chi connectivity index (χ1n) is 9.37. The van der Waals surface area contributed by atoms with E-state index in [1.807, 2.05) is 30.3 Å². The third kappa shape index (κ3) is 6.23. The van der Waals surface area contributed by atoms with Crippen LogP contribution in [0.1, 0.15) is 71.5 Å². The molecule has 23 heavy (non-hydrogen) atoms. The Hall–Kier alpha value is -0.933. The van der Waals surface area contributed by atoms with Gasteiger partial charge in [-0.15, -0.1) is 0 Å². The molecule has 0 spiro atoms. The first kappa shape index (κ1) is 20.1. The second kappa shape index (κ2) is 10.8. The summed E-state index contributed by atoms with van der Waals surface area (Å²) in [6, 6.07) is 13.3. The molecule has 1 aromatic carbocycles. The number of benzene rings is 1. The molecule has 0 heterocycles. The van der Waals surface area contributed by atoms with E-state index in [-0.39, 0.29) is 11.9 Å². The predicted molar refractivity (Wildman–Crippen MR) is 101 cm³/mol. The number of unbranched alkanes of at least 4 members (excludes halogenated alkanes) is 3. The van der Waals surface area contributed by atoms with Gasteiger partial charge in [0.15, 0.2) is 14.1 Å². The van der Waals surface area contributed by atoms with Crippen LogP contribution >= 0.6 is 0 Å². The van der Waals surface area contributed by atoms with Crippen molar-refractivity contribution < 1.29 is 9.22 Å². The van der Waals surface area contributed by atoms with Crippen LogP contribution in [-0.2, 0) is 9.22 Å². The fourth-order valence-electron chi connectivity index (χ4n) is 3.05. The van der Waals surface area contributed by atoms with Crippen LogP contribution < -0.4 is 0 Å². The van der Waals surface area contributed by atoms with Crippen molar-refractivity contribution in [2.45, 2.75) is 84.0 Å². The zero-order valence-corrected chi connectivity index (χ0v) is 16.4. The standard InChI is InChI=1S/C20H34O2Si/c1-5-9-10-14-17-19(21)20(18-15-12-11-13-16-18)22-23(6-2,7-3)8-4/h11-13,15-16,20H,5-10,14,17H2,1-4H3/t20-/m0/s1. The maximum Gasteiger partial charge on any atom is 0.193 e. The Morgan fingerprint density at radius 1 is 0.957 bits per heavy atom. The van der Waals surface area contributed by atoms with E-state index < -0.39 is 8.32 Å². The average molecular weight is 335 g/mol. The summed E-state index contributed by atoms with van der Waals surface area (Å²) in [5.74, 6) is 0.263. The quantitative estimate of drug-likeness (QED) is 0.332. The molecule has 0 unspecified atom stereocenters. The summed E-state index contributed by atoms with van der Waals surface area (Å²) in [5, 5.41) is 0. The second-order valence-corrected chi connectivity index (χ2v) is 11.2. The molecule has 0 amide bonds. The van der Waals surface area contributed by atoms with E-state index >= 15 is 0 Å². The molecule has 0 aliphatic rings. The first-order chi connectivity index (χ1) is 11.1. The highest BCUT2D eigenvalue weighted by molar-refractivity contribution is 6.73. The molecule has 0 aliphatic carbocycles. The highest BCUT2D eigenvalue weighted by Crippen LogP contribution is 2.31. The molecule has 1 aromatic rings. The molecule has 2 nitrogen and oxygen atoms in total. The molecular formula is C20H34O2Si. The number of carbonyl (C=O) groups is 1. The number of carbonyl (C=O) groups excluding carboxylic acids is 1. The van der Waals surface area contributed by atoms with E-state index in [0.29, 0.717) is 6.42 Å². The highest BCUT2D eigenvalue weighted by Gasteiger charge is 2.35. The smallest absolute Gasteiger partial charge is 0.193 e. The topological polar surface area (TPSA) is 26.3 Å². The molecule has 0 aliphatic heterocycles. The molecule has 130 valence electrons. The van der Waals surface area contributed by atoms with Gasteiger partial charge in [0.2, 0.25) is 0 Å². The van der Waals surface area contributed by atoms with Gasteiger partial charge in [0.25, 0.3) is 0 Å². The summed E-state index contributed by atoms with van der Waals surface area (Å²) in [6.07, 6.45) is 4.82. The van der Waals surface area contributed by atoms with Crippen molar-refractivity contribution in [1.82, 2.24) is 0 Å². The molecule has 3 heteroatoms. The molecule has 1 atom stereocenters. The van der Waals surface area contributed by atoms with Crippen molar-refractivity contribution in [3.63, 3.8) is 0 Å². The lowest BCUT2D eigenvalue weighted by Gasteiger charge is -2.33. The number of hydrogen-bond acceptors (Lipinski definition) is 2. The minimum Gasteiger partial charge on any atom is -0.403 e. The van der Waals surface area contributed by atoms with Crippen LogP contribution in [0.25, 0.3) is 0 Å². The first-order valence-corrected chi connectivity index (χ1v) is 11.9. The Morgan fingerprint density at radius 3 is 2.09 bits per heavy atom. The summed E-state index contributed by atoms with van der Waals surface area (Å²) < 4.78 is 6.58. The lowest BCUT2D eigenvalue weighted by atomic mass is 10.0. The lowest BCUT2D eigenvalue weighted by molar-refractivity contribution is -0.126. The molecule has 0 saturated heterocycles. The minimum atomic E-state index is -1.80. The lowest BCUT2D eigenvalue weighted by Crippen LogP contribution is -2.39. The highest BCUT2D eigenvalue weighted by atomic mass is 28.4. The fourth-order valence-corrected chi connectivity index (χ4v) is 5.82. The minimum absolute atomic E-state index is 0.263. The summed E-state index contributed by atoms with van der Waals surface area (Å²) >= 11 is 0. The van der Waals surface area contributed by atoms with E-state index in [1.54, 1.807) is 0 Å². The molecule has 0 saturated carbocycles. The third-order valence-electron chi connectivity index (χ3n) is 4.97. The summed E-state index contributed by atoms with van der Waals surface area (Å²) in [7, 11) is -1.80. The van der Waals surface area contributed by atoms with Crippen LogP contribution in [0, 0.1) is 0 Å². The van der Waals surface area contributed by atoms with E-state index in [9.17, 15) is 4.79 Å². The molecular weight excluding hydrogens is 300 g/mol. The van der Waals surface area contributed by atoms with Gasteiger partial charge < -0.3 is 4.43 Å². The van der Waals surface area contributed by atoms with Crippen LogP contribution in [0.3, 0.4) is 0 Å². The fraction of sp³-hybridized carbons (Fsp3) is 0.650. The number of ketones is 1. The van der Waals surface area contributed by atoms with Crippen molar-refractivity contribution in [3.8, 4) is 0 Å². The van der Waals surface area contributed by atoms with Gasteiger partial charge in [0.05, 0.1) is 0 Å². The van der Waals surface area contributed by atoms with Crippen LogP contribution in [0.2, 0.25) is 18.1 Å². The van der Waals surface area contributed by atoms with Crippen molar-refractivity contribution in [2.24, 2.45) is 0 Å². The maximum atomic E-state index is 12.8. The Kier molecular flexibility index (Phi) is 9.42. The molecule has 1 rings (SSSR count). The number of rotatable bonds is 12. The van der Waals surface area contributed by atoms with Gasteiger partial charge in [-0.3, -0.25) is 4.79 Å². The van der Waals surface area contributed by atoms with Gasteiger partial charge in [0.1, 0.15) is 6.10 Å². The van der Waals surface area contributed by atoms with E-state index in [2.05, 4.69) is 27.7 Å². The Balaban J connectivity index is 2.87.